The van der Waals surface area contributed by atoms with E-state index in [4.69, 9.17) is 9.97 Å². The van der Waals surface area contributed by atoms with E-state index < -0.39 is 0 Å². The third-order valence-electron chi connectivity index (χ3n) is 15.2. The van der Waals surface area contributed by atoms with Crippen LogP contribution in [0.25, 0.3) is 143 Å². The van der Waals surface area contributed by atoms with Gasteiger partial charge in [0.2, 0.25) is 5.95 Å². The molecule has 0 aliphatic carbocycles. The largest absolute Gasteiger partial charge is 0.309 e. The first-order chi connectivity index (χ1) is 35.7. The fraction of sp³-hybridized carbons (Fsp3) is 0. The van der Waals surface area contributed by atoms with Gasteiger partial charge in [0.1, 0.15) is 0 Å². The van der Waals surface area contributed by atoms with Crippen LogP contribution in [-0.2, 0) is 0 Å². The van der Waals surface area contributed by atoms with Crippen molar-refractivity contribution in [2.24, 2.45) is 0 Å². The Kier molecular flexibility index (Phi) is 8.07. The second-order valence-corrected chi connectivity index (χ2v) is 18.9. The smallest absolute Gasteiger partial charge is 0.235 e. The van der Waals surface area contributed by atoms with Crippen molar-refractivity contribution in [3.05, 3.63) is 243 Å². The zero-order chi connectivity index (χ0) is 47.0. The molecule has 0 atom stereocenters. The lowest BCUT2D eigenvalue weighted by atomic mass is 10.0. The Morgan fingerprint density at radius 3 is 1.08 bits per heavy atom. The van der Waals surface area contributed by atoms with Gasteiger partial charge in [-0.15, -0.1) is 0 Å². The second kappa shape index (κ2) is 14.9. The average Bonchev–Trinajstić information content (AvgIpc) is 4.17. The van der Waals surface area contributed by atoms with E-state index in [0.717, 1.165) is 82.8 Å². The zero-order valence-corrected chi connectivity index (χ0v) is 38.8. The normalized spacial score (nSPS) is 12.2. The van der Waals surface area contributed by atoms with Gasteiger partial charge in [0.05, 0.1) is 55.3 Å². The Hall–Kier alpha value is -9.78. The lowest BCUT2D eigenvalue weighted by Gasteiger charge is -2.14. The molecule has 6 nitrogen and oxygen atoms in total. The van der Waals surface area contributed by atoms with Crippen LogP contribution in [0.1, 0.15) is 0 Å². The molecule has 0 aliphatic rings. The van der Waals surface area contributed by atoms with Crippen molar-refractivity contribution in [3.63, 3.8) is 0 Å². The minimum Gasteiger partial charge on any atom is -0.309 e. The van der Waals surface area contributed by atoms with Crippen molar-refractivity contribution in [1.82, 2.24) is 28.2 Å². The fourth-order valence-corrected chi connectivity index (χ4v) is 12.0. The Morgan fingerprint density at radius 2 is 0.597 bits per heavy atom. The fourth-order valence-electron chi connectivity index (χ4n) is 12.0. The average molecular weight is 917 g/mol. The summed E-state index contributed by atoms with van der Waals surface area (Å²) in [5.41, 5.74) is 15.4. The number of nitrogens with zero attached hydrogens (tertiary/aromatic N) is 6. The van der Waals surface area contributed by atoms with E-state index in [-0.39, 0.29) is 0 Å². The third-order valence-corrected chi connectivity index (χ3v) is 15.2. The number of hydrogen-bond acceptors (Lipinski definition) is 2. The quantitative estimate of drug-likeness (QED) is 0.162. The molecular formula is C66H40N6. The summed E-state index contributed by atoms with van der Waals surface area (Å²) in [5.74, 6) is 0.634. The molecule has 0 unspecified atom stereocenters. The monoisotopic (exact) mass is 916 g/mol. The number of benzene rings is 11. The van der Waals surface area contributed by atoms with Gasteiger partial charge in [-0.05, 0) is 96.4 Å². The number of fused-ring (bicyclic) bond motifs is 15. The molecule has 0 N–H and O–H groups in total. The van der Waals surface area contributed by atoms with E-state index in [0.29, 0.717) is 5.95 Å². The molecule has 0 saturated carbocycles. The Balaban J connectivity index is 0.871. The number of aromatic nitrogens is 6. The number of para-hydroxylation sites is 6. The third kappa shape index (κ3) is 5.49. The van der Waals surface area contributed by atoms with E-state index >= 15 is 0 Å². The Bertz CT molecular complexity index is 4820. The van der Waals surface area contributed by atoms with Gasteiger partial charge in [0.25, 0.3) is 0 Å². The van der Waals surface area contributed by atoms with Crippen molar-refractivity contribution in [2.45, 2.75) is 0 Å². The first kappa shape index (κ1) is 39.1. The zero-order valence-electron chi connectivity index (χ0n) is 38.8. The molecule has 334 valence electrons. The number of rotatable bonds is 5. The van der Waals surface area contributed by atoms with Gasteiger partial charge >= 0.3 is 0 Å². The van der Waals surface area contributed by atoms with Crippen LogP contribution >= 0.6 is 0 Å². The van der Waals surface area contributed by atoms with Crippen LogP contribution in [0.3, 0.4) is 0 Å². The first-order valence-electron chi connectivity index (χ1n) is 24.6. The van der Waals surface area contributed by atoms with E-state index in [9.17, 15) is 0 Å². The summed E-state index contributed by atoms with van der Waals surface area (Å²) in [4.78, 5) is 11.1. The predicted molar refractivity (Wildman–Crippen MR) is 300 cm³/mol. The highest BCUT2D eigenvalue weighted by molar-refractivity contribution is 6.15. The molecule has 0 aliphatic heterocycles. The van der Waals surface area contributed by atoms with Crippen molar-refractivity contribution < 1.29 is 0 Å². The summed E-state index contributed by atoms with van der Waals surface area (Å²) < 4.78 is 9.44. The molecule has 0 radical (unpaired) electrons. The molecule has 0 bridgehead atoms. The van der Waals surface area contributed by atoms with Gasteiger partial charge in [-0.2, -0.15) is 0 Å². The topological polar surface area (TPSA) is 45.5 Å². The van der Waals surface area contributed by atoms with Gasteiger partial charge in [0, 0.05) is 76.5 Å². The molecule has 0 saturated heterocycles. The van der Waals surface area contributed by atoms with Crippen molar-refractivity contribution in [1.29, 1.82) is 0 Å². The van der Waals surface area contributed by atoms with E-state index in [1.807, 2.05) is 0 Å². The van der Waals surface area contributed by atoms with Crippen molar-refractivity contribution in [3.8, 4) is 34.3 Å². The van der Waals surface area contributed by atoms with Gasteiger partial charge in [0.15, 0.2) is 0 Å². The Labute approximate surface area is 412 Å². The van der Waals surface area contributed by atoms with E-state index in [2.05, 4.69) is 261 Å². The highest BCUT2D eigenvalue weighted by Crippen LogP contribution is 2.41. The molecule has 6 heteroatoms. The lowest BCUT2D eigenvalue weighted by molar-refractivity contribution is 1.01. The molecule has 16 aromatic rings. The summed E-state index contributed by atoms with van der Waals surface area (Å²) in [6.45, 7) is 0. The molecule has 0 spiro atoms. The molecule has 0 amide bonds. The van der Waals surface area contributed by atoms with Gasteiger partial charge in [-0.3, -0.25) is 4.57 Å². The molecule has 5 aromatic heterocycles. The van der Waals surface area contributed by atoms with Crippen LogP contribution in [-0.4, -0.2) is 28.2 Å². The van der Waals surface area contributed by atoms with Gasteiger partial charge in [-0.1, -0.05) is 152 Å². The van der Waals surface area contributed by atoms with Crippen molar-refractivity contribution >= 4 is 109 Å². The molecule has 11 aromatic carbocycles. The first-order valence-corrected chi connectivity index (χ1v) is 24.6. The van der Waals surface area contributed by atoms with Crippen LogP contribution in [0.2, 0.25) is 0 Å². The van der Waals surface area contributed by atoms with Gasteiger partial charge in [-0.25, -0.2) is 9.97 Å². The van der Waals surface area contributed by atoms with Crippen LogP contribution in [0.4, 0.5) is 0 Å². The molecule has 16 rings (SSSR count). The molecule has 5 heterocycles. The summed E-state index contributed by atoms with van der Waals surface area (Å²) in [6.07, 6.45) is 0. The molecular weight excluding hydrogens is 877 g/mol. The predicted octanol–water partition coefficient (Wildman–Crippen LogP) is 16.8. The summed E-state index contributed by atoms with van der Waals surface area (Å²) in [6, 6.07) is 87.8. The standard InChI is InChI=1S/C66H40N6/c1-2-16-46-41(15-1)31-36-53-64(67-66(68-65(46)53)72-61-28-14-8-22-52(61)55-40-45(35-38-63(55)72)71-58-25-11-5-19-49(58)50-20-6-12-26-59(50)71)42-29-32-43(33-30-42)69-60-27-13-7-21-51(60)54-39-44(34-37-62(54)69)70-56-23-9-3-17-47(56)48-18-4-10-24-57(48)70/h1-40H. The highest BCUT2D eigenvalue weighted by atomic mass is 15.2. The van der Waals surface area contributed by atoms with E-state index in [1.54, 1.807) is 0 Å². The van der Waals surface area contributed by atoms with Crippen LogP contribution in [0.5, 0.6) is 0 Å². The summed E-state index contributed by atoms with van der Waals surface area (Å²) in [7, 11) is 0. The Morgan fingerprint density at radius 1 is 0.236 bits per heavy atom. The van der Waals surface area contributed by atoms with Crippen molar-refractivity contribution in [2.75, 3.05) is 0 Å². The lowest BCUT2D eigenvalue weighted by Crippen LogP contribution is -2.04. The SMILES string of the molecule is c1ccc2c(c1)ccc1c(-c3ccc(-n4c5ccccc5c5cc(-n6c7ccccc7c7ccccc76)ccc54)cc3)nc(-n3c4ccccc4c4cc(-n5c6ccccc6c6ccccc65)ccc43)nc12. The van der Waals surface area contributed by atoms with Crippen LogP contribution in [0.15, 0.2) is 243 Å². The number of hydrogen-bond donors (Lipinski definition) is 0. The van der Waals surface area contributed by atoms with E-state index in [1.165, 1.54) is 54.4 Å². The maximum atomic E-state index is 5.58. The van der Waals surface area contributed by atoms with Crippen LogP contribution in [0, 0.1) is 0 Å². The second-order valence-electron chi connectivity index (χ2n) is 18.9. The minimum atomic E-state index is 0.634. The van der Waals surface area contributed by atoms with Crippen LogP contribution < -0.4 is 0 Å². The maximum absolute atomic E-state index is 5.58. The maximum Gasteiger partial charge on any atom is 0.235 e. The van der Waals surface area contributed by atoms with Gasteiger partial charge < -0.3 is 13.7 Å². The summed E-state index contributed by atoms with van der Waals surface area (Å²) in [5, 5.41) is 13.0. The molecule has 0 fully saturated rings. The minimum absolute atomic E-state index is 0.634. The summed E-state index contributed by atoms with van der Waals surface area (Å²) >= 11 is 0. The highest BCUT2D eigenvalue weighted by Gasteiger charge is 2.22. The molecule has 72 heavy (non-hydrogen) atoms.